The van der Waals surface area contributed by atoms with Crippen molar-refractivity contribution < 1.29 is 9.59 Å². The van der Waals surface area contributed by atoms with Gasteiger partial charge in [-0.05, 0) is 43.5 Å². The summed E-state index contributed by atoms with van der Waals surface area (Å²) in [5.41, 5.74) is 4.31. The number of hydrogen-bond donors (Lipinski definition) is 0. The van der Waals surface area contributed by atoms with E-state index < -0.39 is 0 Å². The van der Waals surface area contributed by atoms with Crippen molar-refractivity contribution in [2.24, 2.45) is 0 Å². The SMILES string of the molecule is CC(=O)CCc1c(-c2ccccc2)n(CCC(C)=O)c2cc(Cl)ccc12. The van der Waals surface area contributed by atoms with Crippen LogP contribution >= 0.6 is 11.6 Å². The van der Waals surface area contributed by atoms with Gasteiger partial charge >= 0.3 is 0 Å². The number of ketones is 2. The molecule has 3 rings (SSSR count). The summed E-state index contributed by atoms with van der Waals surface area (Å²) in [5, 5.41) is 1.76. The number of hydrogen-bond acceptors (Lipinski definition) is 2. The van der Waals surface area contributed by atoms with E-state index in [2.05, 4.69) is 16.7 Å². The maximum absolute atomic E-state index is 11.6. The van der Waals surface area contributed by atoms with E-state index in [0.717, 1.165) is 27.7 Å². The van der Waals surface area contributed by atoms with E-state index in [4.69, 9.17) is 11.6 Å². The summed E-state index contributed by atoms with van der Waals surface area (Å²) < 4.78 is 2.17. The van der Waals surface area contributed by atoms with Gasteiger partial charge < -0.3 is 9.36 Å². The first-order chi connectivity index (χ1) is 12.5. The quantitative estimate of drug-likeness (QED) is 0.556. The van der Waals surface area contributed by atoms with Crippen molar-refractivity contribution in [3.63, 3.8) is 0 Å². The third-order valence-electron chi connectivity index (χ3n) is 4.59. The predicted octanol–water partition coefficient (Wildman–Crippen LogP) is 5.46. The number of halogens is 1. The number of nitrogens with zero attached hydrogens (tertiary/aromatic N) is 1. The number of aromatic nitrogens is 1. The van der Waals surface area contributed by atoms with Crippen LogP contribution in [0, 0.1) is 0 Å². The minimum absolute atomic E-state index is 0.151. The zero-order chi connectivity index (χ0) is 18.7. The van der Waals surface area contributed by atoms with Crippen molar-refractivity contribution in [1.29, 1.82) is 0 Å². The second-order valence-electron chi connectivity index (χ2n) is 6.66. The van der Waals surface area contributed by atoms with Crippen LogP contribution in [0.1, 0.15) is 32.3 Å². The largest absolute Gasteiger partial charge is 0.340 e. The van der Waals surface area contributed by atoms with Gasteiger partial charge in [0.15, 0.2) is 0 Å². The number of rotatable bonds is 7. The molecular formula is C22H22ClNO2. The molecule has 134 valence electrons. The predicted molar refractivity (Wildman–Crippen MR) is 107 cm³/mol. The number of fused-ring (bicyclic) bond motifs is 1. The highest BCUT2D eigenvalue weighted by Gasteiger charge is 2.19. The molecule has 0 N–H and O–H groups in total. The summed E-state index contributed by atoms with van der Waals surface area (Å²) in [6, 6.07) is 16.0. The molecule has 0 aliphatic carbocycles. The maximum atomic E-state index is 11.6. The first-order valence-corrected chi connectivity index (χ1v) is 9.20. The first kappa shape index (κ1) is 18.4. The third-order valence-corrected chi connectivity index (χ3v) is 4.83. The fourth-order valence-electron chi connectivity index (χ4n) is 3.38. The minimum atomic E-state index is 0.151. The van der Waals surface area contributed by atoms with E-state index in [0.29, 0.717) is 30.8 Å². The summed E-state index contributed by atoms with van der Waals surface area (Å²) in [6.07, 6.45) is 1.63. The topological polar surface area (TPSA) is 39.1 Å². The molecule has 0 saturated heterocycles. The zero-order valence-corrected chi connectivity index (χ0v) is 15.8. The molecule has 3 nitrogen and oxygen atoms in total. The van der Waals surface area contributed by atoms with E-state index >= 15 is 0 Å². The monoisotopic (exact) mass is 367 g/mol. The van der Waals surface area contributed by atoms with Crippen molar-refractivity contribution in [2.75, 3.05) is 0 Å². The Labute approximate surface area is 158 Å². The van der Waals surface area contributed by atoms with Crippen LogP contribution in [-0.4, -0.2) is 16.1 Å². The minimum Gasteiger partial charge on any atom is -0.340 e. The van der Waals surface area contributed by atoms with E-state index in [-0.39, 0.29) is 11.6 Å². The highest BCUT2D eigenvalue weighted by molar-refractivity contribution is 6.31. The van der Waals surface area contributed by atoms with Gasteiger partial charge in [-0.2, -0.15) is 0 Å². The number of carbonyl (C=O) groups excluding carboxylic acids is 2. The Morgan fingerprint density at radius 1 is 0.962 bits per heavy atom. The van der Waals surface area contributed by atoms with Gasteiger partial charge in [0.1, 0.15) is 11.6 Å². The normalized spacial score (nSPS) is 11.0. The molecule has 1 heterocycles. The first-order valence-electron chi connectivity index (χ1n) is 8.82. The van der Waals surface area contributed by atoms with E-state index in [1.54, 1.807) is 13.8 Å². The molecule has 3 aromatic rings. The van der Waals surface area contributed by atoms with Crippen molar-refractivity contribution in [1.82, 2.24) is 4.57 Å². The highest BCUT2D eigenvalue weighted by Crippen LogP contribution is 2.36. The number of carbonyl (C=O) groups is 2. The number of aryl methyl sites for hydroxylation is 2. The fraction of sp³-hybridized carbons (Fsp3) is 0.273. The Balaban J connectivity index is 2.26. The second-order valence-corrected chi connectivity index (χ2v) is 7.10. The lowest BCUT2D eigenvalue weighted by Gasteiger charge is -2.12. The lowest BCUT2D eigenvalue weighted by Crippen LogP contribution is -2.05. The molecule has 0 spiro atoms. The smallest absolute Gasteiger partial charge is 0.131 e. The fourth-order valence-corrected chi connectivity index (χ4v) is 3.54. The standard InChI is InChI=1S/C22H22ClNO2/c1-15(25)8-10-20-19-11-9-18(23)14-21(19)24(13-12-16(2)26)22(20)17-6-4-3-5-7-17/h3-7,9,11,14H,8,10,12-13H2,1-2H3. The molecule has 0 saturated carbocycles. The van der Waals surface area contributed by atoms with Gasteiger partial charge in [0, 0.05) is 29.8 Å². The maximum Gasteiger partial charge on any atom is 0.131 e. The van der Waals surface area contributed by atoms with E-state index in [9.17, 15) is 9.59 Å². The Morgan fingerprint density at radius 3 is 2.31 bits per heavy atom. The van der Waals surface area contributed by atoms with Crippen LogP contribution < -0.4 is 0 Å². The Bertz CT molecular complexity index is 957. The van der Waals surface area contributed by atoms with Gasteiger partial charge in [0.05, 0.1) is 11.2 Å². The van der Waals surface area contributed by atoms with Crippen LogP contribution in [0.25, 0.3) is 22.2 Å². The lowest BCUT2D eigenvalue weighted by atomic mass is 10.00. The summed E-state index contributed by atoms with van der Waals surface area (Å²) in [5.74, 6) is 0.320. The summed E-state index contributed by atoms with van der Waals surface area (Å²) in [4.78, 5) is 23.2. The Hall–Kier alpha value is -2.39. The summed E-state index contributed by atoms with van der Waals surface area (Å²) >= 11 is 6.25. The molecule has 0 atom stereocenters. The number of benzene rings is 2. The molecule has 4 heteroatoms. The van der Waals surface area contributed by atoms with Crippen molar-refractivity contribution in [3.8, 4) is 11.3 Å². The number of Topliss-reactive ketones (excluding diaryl/α,β-unsaturated/α-hetero) is 2. The van der Waals surface area contributed by atoms with Crippen LogP contribution in [0.2, 0.25) is 5.02 Å². The zero-order valence-electron chi connectivity index (χ0n) is 15.1. The van der Waals surface area contributed by atoms with Gasteiger partial charge in [-0.1, -0.05) is 48.0 Å². The Kier molecular flexibility index (Phi) is 5.58. The van der Waals surface area contributed by atoms with Crippen LogP contribution in [0.15, 0.2) is 48.5 Å². The molecule has 0 aliphatic rings. The molecule has 2 aromatic carbocycles. The van der Waals surface area contributed by atoms with Crippen molar-refractivity contribution >= 4 is 34.1 Å². The van der Waals surface area contributed by atoms with E-state index in [1.165, 1.54) is 0 Å². The summed E-state index contributed by atoms with van der Waals surface area (Å²) in [6.45, 7) is 3.82. The molecule has 0 fully saturated rings. The van der Waals surface area contributed by atoms with Crippen molar-refractivity contribution in [3.05, 3.63) is 59.1 Å². The van der Waals surface area contributed by atoms with Crippen LogP contribution in [0.4, 0.5) is 0 Å². The lowest BCUT2D eigenvalue weighted by molar-refractivity contribution is -0.117. The van der Waals surface area contributed by atoms with Gasteiger partial charge in [-0.3, -0.25) is 4.79 Å². The van der Waals surface area contributed by atoms with Gasteiger partial charge in [0.25, 0.3) is 0 Å². The third kappa shape index (κ3) is 3.88. The molecular weight excluding hydrogens is 346 g/mol. The van der Waals surface area contributed by atoms with Gasteiger partial charge in [0.2, 0.25) is 0 Å². The van der Waals surface area contributed by atoms with Crippen LogP contribution in [0.3, 0.4) is 0 Å². The average Bonchev–Trinajstić information content (AvgIpc) is 2.91. The molecule has 0 radical (unpaired) electrons. The van der Waals surface area contributed by atoms with Gasteiger partial charge in [-0.25, -0.2) is 0 Å². The molecule has 0 amide bonds. The molecule has 0 aliphatic heterocycles. The van der Waals surface area contributed by atoms with E-state index in [1.807, 2.05) is 36.4 Å². The average molecular weight is 368 g/mol. The molecule has 0 unspecified atom stereocenters. The molecule has 1 aromatic heterocycles. The summed E-state index contributed by atoms with van der Waals surface area (Å²) in [7, 11) is 0. The van der Waals surface area contributed by atoms with Crippen LogP contribution in [0.5, 0.6) is 0 Å². The molecule has 0 bridgehead atoms. The van der Waals surface area contributed by atoms with Crippen molar-refractivity contribution in [2.45, 2.75) is 39.7 Å². The van der Waals surface area contributed by atoms with Crippen LogP contribution in [-0.2, 0) is 22.6 Å². The highest BCUT2D eigenvalue weighted by atomic mass is 35.5. The Morgan fingerprint density at radius 2 is 1.65 bits per heavy atom. The van der Waals surface area contributed by atoms with Gasteiger partial charge in [-0.15, -0.1) is 0 Å². The second kappa shape index (κ2) is 7.88. The molecule has 26 heavy (non-hydrogen) atoms.